The second-order valence-corrected chi connectivity index (χ2v) is 4.56. The van der Waals surface area contributed by atoms with E-state index < -0.39 is 11.6 Å². The summed E-state index contributed by atoms with van der Waals surface area (Å²) in [6, 6.07) is 9.41. The van der Waals surface area contributed by atoms with Gasteiger partial charge in [-0.2, -0.15) is 4.98 Å². The minimum atomic E-state index is -0.755. The number of aryl methyl sites for hydroxylation is 1. The van der Waals surface area contributed by atoms with Crippen LogP contribution in [0.3, 0.4) is 0 Å². The Balaban J connectivity index is 2.12. The van der Waals surface area contributed by atoms with Crippen LogP contribution in [-0.2, 0) is 0 Å². The summed E-state index contributed by atoms with van der Waals surface area (Å²) in [5.74, 6) is -1.50. The van der Waals surface area contributed by atoms with E-state index in [9.17, 15) is 8.78 Å². The lowest BCUT2D eigenvalue weighted by Gasteiger charge is -2.02. The minimum absolute atomic E-state index is 0.184. The summed E-state index contributed by atoms with van der Waals surface area (Å²) >= 11 is 0. The van der Waals surface area contributed by atoms with Crippen LogP contribution < -0.4 is 5.73 Å². The van der Waals surface area contributed by atoms with Gasteiger partial charge in [0.05, 0.1) is 0 Å². The van der Waals surface area contributed by atoms with E-state index in [1.54, 1.807) is 24.3 Å². The Morgan fingerprint density at radius 3 is 2.62 bits per heavy atom. The first-order valence-corrected chi connectivity index (χ1v) is 6.21. The van der Waals surface area contributed by atoms with Crippen molar-refractivity contribution in [1.82, 2.24) is 10.1 Å². The second kappa shape index (κ2) is 4.97. The number of halogens is 2. The number of rotatable bonds is 2. The number of anilines is 1. The first-order valence-electron chi connectivity index (χ1n) is 6.21. The van der Waals surface area contributed by atoms with Gasteiger partial charge in [0.25, 0.3) is 5.89 Å². The molecule has 21 heavy (non-hydrogen) atoms. The molecule has 0 spiro atoms. The fourth-order valence-corrected chi connectivity index (χ4v) is 1.99. The first-order chi connectivity index (χ1) is 10.1. The number of hydrogen-bond donors (Lipinski definition) is 1. The van der Waals surface area contributed by atoms with Gasteiger partial charge < -0.3 is 10.3 Å². The van der Waals surface area contributed by atoms with Crippen molar-refractivity contribution < 1.29 is 13.3 Å². The third kappa shape index (κ3) is 2.24. The number of nitrogens with zero attached hydrogens (tertiary/aromatic N) is 2. The van der Waals surface area contributed by atoms with Crippen LogP contribution in [0.2, 0.25) is 0 Å². The highest BCUT2D eigenvalue weighted by Gasteiger charge is 2.20. The van der Waals surface area contributed by atoms with Crippen molar-refractivity contribution in [3.63, 3.8) is 0 Å². The lowest BCUT2D eigenvalue weighted by Crippen LogP contribution is -1.94. The Hall–Kier alpha value is -2.76. The average molecular weight is 287 g/mol. The van der Waals surface area contributed by atoms with E-state index in [1.807, 2.05) is 0 Å². The molecule has 3 aromatic rings. The van der Waals surface area contributed by atoms with Crippen LogP contribution in [0.25, 0.3) is 22.8 Å². The van der Waals surface area contributed by atoms with E-state index in [0.29, 0.717) is 16.8 Å². The summed E-state index contributed by atoms with van der Waals surface area (Å²) in [4.78, 5) is 4.04. The molecule has 1 heterocycles. The van der Waals surface area contributed by atoms with Gasteiger partial charge in [-0.3, -0.25) is 0 Å². The maximum Gasteiger partial charge on any atom is 0.264 e. The molecule has 0 bridgehead atoms. The number of nitrogen functional groups attached to an aromatic ring is 1. The van der Waals surface area contributed by atoms with Gasteiger partial charge in [-0.05, 0) is 30.7 Å². The average Bonchev–Trinajstić information content (AvgIpc) is 2.93. The van der Waals surface area contributed by atoms with Gasteiger partial charge in [0.15, 0.2) is 0 Å². The third-order valence-corrected chi connectivity index (χ3v) is 3.13. The molecule has 0 saturated heterocycles. The maximum absolute atomic E-state index is 14.0. The SMILES string of the molecule is Cc1ccc(F)c(-c2nc(-c3ccccc3N)no2)c1F. The van der Waals surface area contributed by atoms with Gasteiger partial charge in [-0.25, -0.2) is 8.78 Å². The summed E-state index contributed by atoms with van der Waals surface area (Å²) in [7, 11) is 0. The number of aromatic nitrogens is 2. The normalized spacial score (nSPS) is 10.8. The molecule has 6 heteroatoms. The summed E-state index contributed by atoms with van der Waals surface area (Å²) in [6.45, 7) is 1.53. The zero-order chi connectivity index (χ0) is 15.0. The Morgan fingerprint density at radius 2 is 1.86 bits per heavy atom. The van der Waals surface area contributed by atoms with E-state index in [4.69, 9.17) is 10.3 Å². The fourth-order valence-electron chi connectivity index (χ4n) is 1.99. The summed E-state index contributed by atoms with van der Waals surface area (Å²) in [5.41, 5.74) is 6.78. The summed E-state index contributed by atoms with van der Waals surface area (Å²) in [5, 5.41) is 3.74. The standard InChI is InChI=1S/C15H11F2N3O/c1-8-6-7-10(16)12(13(8)17)15-19-14(20-21-15)9-4-2-3-5-11(9)18/h2-7H,18H2,1H3. The molecule has 2 N–H and O–H groups in total. The van der Waals surface area contributed by atoms with Crippen LogP contribution >= 0.6 is 0 Å². The van der Waals surface area contributed by atoms with Gasteiger partial charge in [0.1, 0.15) is 17.2 Å². The lowest BCUT2D eigenvalue weighted by molar-refractivity contribution is 0.426. The van der Waals surface area contributed by atoms with Gasteiger partial charge in [-0.15, -0.1) is 0 Å². The van der Waals surface area contributed by atoms with Crippen LogP contribution in [0.15, 0.2) is 40.9 Å². The second-order valence-electron chi connectivity index (χ2n) is 4.56. The first kappa shape index (κ1) is 13.2. The van der Waals surface area contributed by atoms with E-state index >= 15 is 0 Å². The molecule has 0 unspecified atom stereocenters. The summed E-state index contributed by atoms with van der Waals surface area (Å²) in [6.07, 6.45) is 0. The molecular formula is C15H11F2N3O. The van der Waals surface area contributed by atoms with Crippen molar-refractivity contribution in [3.05, 3.63) is 53.6 Å². The van der Waals surface area contributed by atoms with E-state index in [1.165, 1.54) is 13.0 Å². The Morgan fingerprint density at radius 1 is 1.10 bits per heavy atom. The Labute approximate surface area is 119 Å². The molecule has 0 saturated carbocycles. The fraction of sp³-hybridized carbons (Fsp3) is 0.0667. The molecule has 0 amide bonds. The van der Waals surface area contributed by atoms with Crippen LogP contribution in [0.4, 0.5) is 14.5 Å². The molecule has 3 rings (SSSR count). The van der Waals surface area contributed by atoms with E-state index in [0.717, 1.165) is 6.07 Å². The third-order valence-electron chi connectivity index (χ3n) is 3.13. The van der Waals surface area contributed by atoms with E-state index in [-0.39, 0.29) is 17.3 Å². The van der Waals surface area contributed by atoms with E-state index in [2.05, 4.69) is 10.1 Å². The smallest absolute Gasteiger partial charge is 0.264 e. The van der Waals surface area contributed by atoms with Crippen LogP contribution in [-0.4, -0.2) is 10.1 Å². The molecule has 106 valence electrons. The number of nitrogens with two attached hydrogens (primary N) is 1. The van der Waals surface area contributed by atoms with Crippen molar-refractivity contribution in [3.8, 4) is 22.8 Å². The minimum Gasteiger partial charge on any atom is -0.398 e. The van der Waals surface area contributed by atoms with Crippen LogP contribution in [0.1, 0.15) is 5.56 Å². The van der Waals surface area contributed by atoms with Crippen molar-refractivity contribution in [2.75, 3.05) is 5.73 Å². The number of para-hydroxylation sites is 1. The molecule has 0 radical (unpaired) electrons. The lowest BCUT2D eigenvalue weighted by atomic mass is 10.1. The van der Waals surface area contributed by atoms with Gasteiger partial charge >= 0.3 is 0 Å². The predicted molar refractivity (Wildman–Crippen MR) is 74.2 cm³/mol. The quantitative estimate of drug-likeness (QED) is 0.732. The van der Waals surface area contributed by atoms with Crippen molar-refractivity contribution in [2.24, 2.45) is 0 Å². The largest absolute Gasteiger partial charge is 0.398 e. The monoisotopic (exact) mass is 287 g/mol. The molecular weight excluding hydrogens is 276 g/mol. The Bertz CT molecular complexity index is 814. The van der Waals surface area contributed by atoms with Gasteiger partial charge in [-0.1, -0.05) is 23.4 Å². The van der Waals surface area contributed by atoms with Crippen molar-refractivity contribution in [1.29, 1.82) is 0 Å². The Kier molecular flexibility index (Phi) is 3.13. The highest BCUT2D eigenvalue weighted by Crippen LogP contribution is 2.29. The molecule has 0 fully saturated rings. The molecule has 0 aliphatic carbocycles. The summed E-state index contributed by atoms with van der Waals surface area (Å²) < 4.78 is 32.8. The highest BCUT2D eigenvalue weighted by atomic mass is 19.1. The van der Waals surface area contributed by atoms with Gasteiger partial charge in [0, 0.05) is 11.3 Å². The van der Waals surface area contributed by atoms with Crippen molar-refractivity contribution >= 4 is 5.69 Å². The van der Waals surface area contributed by atoms with Gasteiger partial charge in [0.2, 0.25) is 5.82 Å². The van der Waals surface area contributed by atoms with Crippen molar-refractivity contribution in [2.45, 2.75) is 6.92 Å². The predicted octanol–water partition coefficient (Wildman–Crippen LogP) is 3.57. The number of hydrogen-bond acceptors (Lipinski definition) is 4. The zero-order valence-corrected chi connectivity index (χ0v) is 11.1. The molecule has 2 aromatic carbocycles. The van der Waals surface area contributed by atoms with Crippen LogP contribution in [0.5, 0.6) is 0 Å². The highest BCUT2D eigenvalue weighted by molar-refractivity contribution is 5.72. The molecule has 0 aliphatic heterocycles. The van der Waals surface area contributed by atoms with Crippen LogP contribution in [0, 0.1) is 18.6 Å². The molecule has 1 aromatic heterocycles. The maximum atomic E-state index is 14.0. The molecule has 4 nitrogen and oxygen atoms in total. The molecule has 0 aliphatic rings. The topological polar surface area (TPSA) is 64.9 Å². The number of benzene rings is 2. The molecule has 0 atom stereocenters. The zero-order valence-electron chi connectivity index (χ0n) is 11.1.